The third kappa shape index (κ3) is 4.00. The van der Waals surface area contributed by atoms with E-state index in [1.165, 1.54) is 22.5 Å². The quantitative estimate of drug-likeness (QED) is 0.867. The Hall–Kier alpha value is -1.02. The molecule has 1 fully saturated rings. The molecule has 7 heteroatoms. The van der Waals surface area contributed by atoms with E-state index in [-0.39, 0.29) is 4.90 Å². The Balaban J connectivity index is 2.04. The number of rotatable bonds is 5. The van der Waals surface area contributed by atoms with Gasteiger partial charge in [0.1, 0.15) is 5.82 Å². The average Bonchev–Trinajstić information content (AvgIpc) is 2.45. The van der Waals surface area contributed by atoms with Crippen LogP contribution in [0.15, 0.2) is 23.1 Å². The van der Waals surface area contributed by atoms with Crippen molar-refractivity contribution in [3.05, 3.63) is 29.6 Å². The van der Waals surface area contributed by atoms with E-state index < -0.39 is 15.8 Å². The number of piperazine rings is 1. The van der Waals surface area contributed by atoms with Crippen LogP contribution in [0.3, 0.4) is 0 Å². The van der Waals surface area contributed by atoms with Crippen LogP contribution in [-0.2, 0) is 10.0 Å². The molecule has 0 saturated carbocycles. The smallest absolute Gasteiger partial charge is 0.243 e. The van der Waals surface area contributed by atoms with Crippen molar-refractivity contribution in [3.8, 4) is 0 Å². The molecule has 2 rings (SSSR count). The number of likely N-dealkylation sites (N-methyl/N-ethyl adjacent to an activating group) is 1. The van der Waals surface area contributed by atoms with Crippen molar-refractivity contribution < 1.29 is 12.8 Å². The van der Waals surface area contributed by atoms with E-state index >= 15 is 0 Å². The van der Waals surface area contributed by atoms with Gasteiger partial charge in [-0.2, -0.15) is 4.31 Å². The van der Waals surface area contributed by atoms with Crippen LogP contribution in [-0.4, -0.2) is 63.9 Å². The Morgan fingerprint density at radius 1 is 1.33 bits per heavy atom. The van der Waals surface area contributed by atoms with Crippen LogP contribution in [0.25, 0.3) is 0 Å². The lowest BCUT2D eigenvalue weighted by molar-refractivity contribution is 0.229. The number of nitrogens with one attached hydrogen (secondary N) is 1. The molecule has 5 nitrogen and oxygen atoms in total. The first-order chi connectivity index (χ1) is 9.91. The molecule has 1 aromatic carbocycles. The van der Waals surface area contributed by atoms with Crippen molar-refractivity contribution in [2.75, 3.05) is 46.3 Å². The number of aryl methyl sites for hydroxylation is 1. The highest BCUT2D eigenvalue weighted by atomic mass is 32.2. The minimum Gasteiger partial charge on any atom is -0.314 e. The number of sulfonamides is 1. The summed E-state index contributed by atoms with van der Waals surface area (Å²) < 4.78 is 39.5. The van der Waals surface area contributed by atoms with Crippen molar-refractivity contribution in [2.45, 2.75) is 11.8 Å². The predicted octanol–water partition coefficient (Wildman–Crippen LogP) is 0.660. The first kappa shape index (κ1) is 16.4. The Morgan fingerprint density at radius 3 is 2.62 bits per heavy atom. The van der Waals surface area contributed by atoms with E-state index in [4.69, 9.17) is 0 Å². The van der Waals surface area contributed by atoms with Crippen molar-refractivity contribution in [2.24, 2.45) is 0 Å². The van der Waals surface area contributed by atoms with Crippen LogP contribution in [0.5, 0.6) is 0 Å². The second kappa shape index (κ2) is 6.83. The molecular formula is C14H22FN3O2S. The van der Waals surface area contributed by atoms with Crippen LogP contribution in [0, 0.1) is 12.7 Å². The fourth-order valence-electron chi connectivity index (χ4n) is 2.41. The normalized spacial score (nSPS) is 17.3. The molecule has 0 aromatic heterocycles. The zero-order valence-corrected chi connectivity index (χ0v) is 13.3. The third-order valence-corrected chi connectivity index (χ3v) is 5.78. The summed E-state index contributed by atoms with van der Waals surface area (Å²) in [5.74, 6) is -0.421. The topological polar surface area (TPSA) is 52.7 Å². The fourth-order valence-corrected chi connectivity index (χ4v) is 3.77. The third-order valence-electron chi connectivity index (χ3n) is 3.77. The standard InChI is InChI=1S/C14H22FN3O2S/c1-12-11-13(15)3-4-14(12)21(19,20)17(2)9-10-18-7-5-16-6-8-18/h3-4,11,16H,5-10H2,1-2H3. The van der Waals surface area contributed by atoms with Crippen LogP contribution in [0.2, 0.25) is 0 Å². The molecule has 0 radical (unpaired) electrons. The lowest BCUT2D eigenvalue weighted by Crippen LogP contribution is -2.46. The maximum atomic E-state index is 13.1. The zero-order valence-electron chi connectivity index (χ0n) is 12.5. The summed E-state index contributed by atoms with van der Waals surface area (Å²) in [5.41, 5.74) is 0.434. The highest BCUT2D eigenvalue weighted by Crippen LogP contribution is 2.19. The molecule has 0 bridgehead atoms. The molecule has 21 heavy (non-hydrogen) atoms. The molecule has 118 valence electrons. The molecular weight excluding hydrogens is 293 g/mol. The van der Waals surface area contributed by atoms with Gasteiger partial charge < -0.3 is 5.32 Å². The minimum absolute atomic E-state index is 0.173. The van der Waals surface area contributed by atoms with Crippen molar-refractivity contribution in [1.29, 1.82) is 0 Å². The maximum absolute atomic E-state index is 13.1. The van der Waals surface area contributed by atoms with E-state index in [0.29, 0.717) is 18.7 Å². The van der Waals surface area contributed by atoms with E-state index in [9.17, 15) is 12.8 Å². The highest BCUT2D eigenvalue weighted by Gasteiger charge is 2.23. The van der Waals surface area contributed by atoms with Crippen molar-refractivity contribution >= 4 is 10.0 Å². The van der Waals surface area contributed by atoms with Gasteiger partial charge >= 0.3 is 0 Å². The van der Waals surface area contributed by atoms with Gasteiger partial charge in [-0.05, 0) is 30.7 Å². The minimum atomic E-state index is -3.56. The van der Waals surface area contributed by atoms with Gasteiger partial charge in [0.15, 0.2) is 0 Å². The van der Waals surface area contributed by atoms with E-state index in [1.807, 2.05) is 0 Å². The lowest BCUT2D eigenvalue weighted by atomic mass is 10.2. The molecule has 1 N–H and O–H groups in total. The second-order valence-electron chi connectivity index (χ2n) is 5.33. The summed E-state index contributed by atoms with van der Waals surface area (Å²) in [6.45, 7) is 6.49. The number of benzene rings is 1. The Labute approximate surface area is 125 Å². The number of halogens is 1. The maximum Gasteiger partial charge on any atom is 0.243 e. The Bertz CT molecular complexity index is 586. The van der Waals surface area contributed by atoms with Gasteiger partial charge in [-0.3, -0.25) is 4.90 Å². The molecule has 0 spiro atoms. The van der Waals surface area contributed by atoms with Gasteiger partial charge in [0.25, 0.3) is 0 Å². The molecule has 1 aliphatic rings. The lowest BCUT2D eigenvalue weighted by Gasteiger charge is -2.29. The Morgan fingerprint density at radius 2 is 2.00 bits per heavy atom. The fraction of sp³-hybridized carbons (Fsp3) is 0.571. The second-order valence-corrected chi connectivity index (χ2v) is 7.34. The van der Waals surface area contributed by atoms with Gasteiger partial charge in [-0.25, -0.2) is 12.8 Å². The molecule has 0 unspecified atom stereocenters. The largest absolute Gasteiger partial charge is 0.314 e. The monoisotopic (exact) mass is 315 g/mol. The summed E-state index contributed by atoms with van der Waals surface area (Å²) in [7, 11) is -1.99. The number of nitrogens with zero attached hydrogens (tertiary/aromatic N) is 2. The molecule has 0 aliphatic carbocycles. The van der Waals surface area contributed by atoms with E-state index in [0.717, 1.165) is 26.2 Å². The molecule has 1 heterocycles. The van der Waals surface area contributed by atoms with Crippen molar-refractivity contribution in [1.82, 2.24) is 14.5 Å². The molecule has 1 aromatic rings. The van der Waals surface area contributed by atoms with Crippen molar-refractivity contribution in [3.63, 3.8) is 0 Å². The highest BCUT2D eigenvalue weighted by molar-refractivity contribution is 7.89. The number of hydrogen-bond donors (Lipinski definition) is 1. The van der Waals surface area contributed by atoms with E-state index in [1.54, 1.807) is 14.0 Å². The average molecular weight is 315 g/mol. The summed E-state index contributed by atoms with van der Waals surface area (Å²) >= 11 is 0. The molecule has 0 atom stereocenters. The first-order valence-electron chi connectivity index (χ1n) is 7.07. The summed E-state index contributed by atoms with van der Waals surface area (Å²) in [5, 5.41) is 3.26. The Kier molecular flexibility index (Phi) is 5.32. The first-order valence-corrected chi connectivity index (χ1v) is 8.51. The van der Waals surface area contributed by atoms with Crippen LogP contribution in [0.4, 0.5) is 4.39 Å². The van der Waals surface area contributed by atoms with Crippen LogP contribution in [0.1, 0.15) is 5.56 Å². The van der Waals surface area contributed by atoms with Gasteiger partial charge in [0.2, 0.25) is 10.0 Å². The SMILES string of the molecule is Cc1cc(F)ccc1S(=O)(=O)N(C)CCN1CCNCC1. The van der Waals surface area contributed by atoms with Gasteiger partial charge in [0.05, 0.1) is 4.90 Å². The van der Waals surface area contributed by atoms with Gasteiger partial charge in [0, 0.05) is 46.3 Å². The predicted molar refractivity (Wildman–Crippen MR) is 80.3 cm³/mol. The summed E-state index contributed by atoms with van der Waals surface area (Å²) in [6.07, 6.45) is 0. The summed E-state index contributed by atoms with van der Waals surface area (Å²) in [4.78, 5) is 2.41. The molecule has 1 aliphatic heterocycles. The zero-order chi connectivity index (χ0) is 15.5. The molecule has 1 saturated heterocycles. The van der Waals surface area contributed by atoms with Gasteiger partial charge in [-0.1, -0.05) is 0 Å². The molecule has 0 amide bonds. The van der Waals surface area contributed by atoms with Gasteiger partial charge in [-0.15, -0.1) is 0 Å². The van der Waals surface area contributed by atoms with E-state index in [2.05, 4.69) is 10.2 Å². The summed E-state index contributed by atoms with van der Waals surface area (Å²) in [6, 6.07) is 3.77. The van der Waals surface area contributed by atoms with Crippen LogP contribution >= 0.6 is 0 Å². The van der Waals surface area contributed by atoms with Crippen LogP contribution < -0.4 is 5.32 Å². The number of hydrogen-bond acceptors (Lipinski definition) is 4.